The second-order valence-electron chi connectivity index (χ2n) is 9.55. The molecule has 0 fully saturated rings. The summed E-state index contributed by atoms with van der Waals surface area (Å²) in [5.74, 6) is 0.648. The molecule has 0 saturated heterocycles. The lowest BCUT2D eigenvalue weighted by Crippen LogP contribution is -2.15. The fourth-order valence-electron chi connectivity index (χ4n) is 4.81. The van der Waals surface area contributed by atoms with Crippen molar-refractivity contribution >= 4 is 22.9 Å². The van der Waals surface area contributed by atoms with E-state index >= 15 is 0 Å². The number of fused-ring (bicyclic) bond motifs is 2. The SMILES string of the molecule is COCCCc1ccc(Nc2ccc(-c3cnn4cc(C)ccc34)c3c2C(=O)NC3)nc1CN(C)C. The number of carbonyl (C=O) groups is 1. The van der Waals surface area contributed by atoms with E-state index in [0.717, 1.165) is 71.0 Å². The minimum atomic E-state index is -0.0774. The number of nitrogens with one attached hydrogen (secondary N) is 2. The van der Waals surface area contributed by atoms with Gasteiger partial charge >= 0.3 is 0 Å². The fraction of sp³-hybridized carbons (Fsp3) is 0.321. The largest absolute Gasteiger partial charge is 0.385 e. The number of rotatable bonds is 9. The number of benzene rings is 1. The van der Waals surface area contributed by atoms with E-state index in [1.54, 1.807) is 7.11 Å². The van der Waals surface area contributed by atoms with Crippen molar-refractivity contribution in [2.45, 2.75) is 32.9 Å². The van der Waals surface area contributed by atoms with Gasteiger partial charge in [-0.1, -0.05) is 18.2 Å². The number of aryl methyl sites for hydroxylation is 2. The molecule has 1 amide bonds. The van der Waals surface area contributed by atoms with E-state index < -0.39 is 0 Å². The lowest BCUT2D eigenvalue weighted by molar-refractivity contribution is 0.0966. The summed E-state index contributed by atoms with van der Waals surface area (Å²) in [6.45, 7) is 4.00. The molecule has 8 nitrogen and oxygen atoms in total. The Kier molecular flexibility index (Phi) is 6.71. The normalized spacial score (nSPS) is 12.9. The molecule has 8 heteroatoms. The topological polar surface area (TPSA) is 83.8 Å². The quantitative estimate of drug-likeness (QED) is 0.344. The van der Waals surface area contributed by atoms with Crippen molar-refractivity contribution in [2.75, 3.05) is 33.1 Å². The average molecular weight is 485 g/mol. The van der Waals surface area contributed by atoms with Crippen molar-refractivity contribution in [3.8, 4) is 11.1 Å². The Labute approximate surface area is 211 Å². The summed E-state index contributed by atoms with van der Waals surface area (Å²) >= 11 is 0. The van der Waals surface area contributed by atoms with Crippen LogP contribution >= 0.6 is 0 Å². The molecule has 0 unspecified atom stereocenters. The van der Waals surface area contributed by atoms with Gasteiger partial charge in [-0.05, 0) is 74.3 Å². The van der Waals surface area contributed by atoms with E-state index in [0.29, 0.717) is 12.1 Å². The highest BCUT2D eigenvalue weighted by molar-refractivity contribution is 6.06. The molecule has 0 aliphatic carbocycles. The Morgan fingerprint density at radius 3 is 2.81 bits per heavy atom. The van der Waals surface area contributed by atoms with E-state index in [4.69, 9.17) is 9.72 Å². The Balaban J connectivity index is 1.50. The van der Waals surface area contributed by atoms with Crippen LogP contribution in [0.5, 0.6) is 0 Å². The van der Waals surface area contributed by atoms with Crippen molar-refractivity contribution in [2.24, 2.45) is 0 Å². The van der Waals surface area contributed by atoms with Crippen LogP contribution in [0.2, 0.25) is 0 Å². The van der Waals surface area contributed by atoms with E-state index in [2.05, 4.69) is 44.9 Å². The molecule has 0 spiro atoms. The number of aromatic nitrogens is 3. The van der Waals surface area contributed by atoms with Crippen molar-refractivity contribution < 1.29 is 9.53 Å². The van der Waals surface area contributed by atoms with Crippen molar-refractivity contribution in [1.29, 1.82) is 0 Å². The van der Waals surface area contributed by atoms with Gasteiger partial charge in [-0.2, -0.15) is 5.10 Å². The third-order valence-electron chi connectivity index (χ3n) is 6.51. The minimum Gasteiger partial charge on any atom is -0.385 e. The van der Waals surface area contributed by atoms with Gasteiger partial charge in [0.2, 0.25) is 0 Å². The number of amides is 1. The smallest absolute Gasteiger partial charge is 0.254 e. The lowest BCUT2D eigenvalue weighted by Gasteiger charge is -2.17. The Bertz CT molecular complexity index is 1430. The molecule has 2 N–H and O–H groups in total. The third-order valence-corrected chi connectivity index (χ3v) is 6.51. The van der Waals surface area contributed by atoms with E-state index in [1.165, 1.54) is 5.56 Å². The number of nitrogens with zero attached hydrogens (tertiary/aromatic N) is 4. The molecule has 0 bridgehead atoms. The standard InChI is InChI=1S/C28H32N6O2/c1-18-7-11-25-21(15-30-34(25)16-18)20-9-10-23(27-22(20)14-29-28(27)35)31-26-12-8-19(6-5-13-36-4)24(32-26)17-33(2)3/h7-12,15-16H,5-6,13-14,17H2,1-4H3,(H,29,35)(H,31,32). The van der Waals surface area contributed by atoms with Gasteiger partial charge in [-0.3, -0.25) is 4.79 Å². The first-order valence-electron chi connectivity index (χ1n) is 12.2. The van der Waals surface area contributed by atoms with Gasteiger partial charge in [-0.25, -0.2) is 9.50 Å². The van der Waals surface area contributed by atoms with Crippen LogP contribution in [0.15, 0.2) is 48.8 Å². The predicted octanol–water partition coefficient (Wildman–Crippen LogP) is 4.33. The number of carbonyl (C=O) groups excluding carboxylic acids is 1. The van der Waals surface area contributed by atoms with Crippen LogP contribution < -0.4 is 10.6 Å². The van der Waals surface area contributed by atoms with Gasteiger partial charge in [0.25, 0.3) is 5.91 Å². The van der Waals surface area contributed by atoms with Gasteiger partial charge in [-0.15, -0.1) is 0 Å². The molecule has 1 aromatic carbocycles. The molecule has 0 radical (unpaired) electrons. The van der Waals surface area contributed by atoms with Crippen LogP contribution in [0.4, 0.5) is 11.5 Å². The number of pyridine rings is 2. The number of hydrogen-bond donors (Lipinski definition) is 2. The Morgan fingerprint density at radius 2 is 2.00 bits per heavy atom. The maximum atomic E-state index is 12.9. The average Bonchev–Trinajstić information content (AvgIpc) is 3.44. The highest BCUT2D eigenvalue weighted by atomic mass is 16.5. The maximum Gasteiger partial charge on any atom is 0.254 e. The molecule has 1 aliphatic heterocycles. The zero-order valence-electron chi connectivity index (χ0n) is 21.3. The highest BCUT2D eigenvalue weighted by Gasteiger charge is 2.27. The fourth-order valence-corrected chi connectivity index (χ4v) is 4.81. The molecule has 0 atom stereocenters. The predicted molar refractivity (Wildman–Crippen MR) is 142 cm³/mol. The third kappa shape index (κ3) is 4.69. The summed E-state index contributed by atoms with van der Waals surface area (Å²) < 4.78 is 7.11. The molecule has 3 aromatic heterocycles. The molecule has 36 heavy (non-hydrogen) atoms. The van der Waals surface area contributed by atoms with Crippen molar-refractivity contribution in [3.63, 3.8) is 0 Å². The van der Waals surface area contributed by atoms with Gasteiger partial charge in [0, 0.05) is 38.6 Å². The van der Waals surface area contributed by atoms with Crippen molar-refractivity contribution in [3.05, 3.63) is 76.7 Å². The highest BCUT2D eigenvalue weighted by Crippen LogP contribution is 2.36. The van der Waals surface area contributed by atoms with Gasteiger partial charge in [0.05, 0.1) is 28.7 Å². The minimum absolute atomic E-state index is 0.0774. The van der Waals surface area contributed by atoms with Crippen molar-refractivity contribution in [1.82, 2.24) is 24.8 Å². The number of hydrogen-bond acceptors (Lipinski definition) is 6. The summed E-state index contributed by atoms with van der Waals surface area (Å²) in [6, 6.07) is 12.3. The summed E-state index contributed by atoms with van der Waals surface area (Å²) in [4.78, 5) is 19.9. The molecule has 4 aromatic rings. The number of ether oxygens (including phenoxy) is 1. The number of methoxy groups -OCH3 is 1. The lowest BCUT2D eigenvalue weighted by atomic mass is 9.96. The molecule has 0 saturated carbocycles. The zero-order chi connectivity index (χ0) is 25.2. The number of anilines is 2. The Morgan fingerprint density at radius 1 is 1.14 bits per heavy atom. The molecular weight excluding hydrogens is 452 g/mol. The first-order chi connectivity index (χ1) is 17.4. The van der Waals surface area contributed by atoms with Crippen LogP contribution in [0.3, 0.4) is 0 Å². The van der Waals surface area contributed by atoms with E-state index in [1.807, 2.05) is 50.1 Å². The summed E-state index contributed by atoms with van der Waals surface area (Å²) in [5.41, 5.74) is 8.83. The second-order valence-corrected chi connectivity index (χ2v) is 9.55. The van der Waals surface area contributed by atoms with Gasteiger partial charge in [0.15, 0.2) is 0 Å². The van der Waals surface area contributed by atoms with Crippen LogP contribution in [-0.2, 0) is 24.2 Å². The van der Waals surface area contributed by atoms with Gasteiger partial charge < -0.3 is 20.3 Å². The van der Waals surface area contributed by atoms with Crippen LogP contribution in [0, 0.1) is 6.92 Å². The molecule has 1 aliphatic rings. The Hall–Kier alpha value is -3.75. The van der Waals surface area contributed by atoms with E-state index in [-0.39, 0.29) is 5.91 Å². The van der Waals surface area contributed by atoms with E-state index in [9.17, 15) is 4.79 Å². The molecule has 4 heterocycles. The molecular formula is C28H32N6O2. The second kappa shape index (κ2) is 10.1. The first kappa shape index (κ1) is 24.0. The van der Waals surface area contributed by atoms with Gasteiger partial charge in [0.1, 0.15) is 5.82 Å². The summed E-state index contributed by atoms with van der Waals surface area (Å²) in [7, 11) is 5.80. The zero-order valence-corrected chi connectivity index (χ0v) is 21.3. The molecule has 5 rings (SSSR count). The first-order valence-corrected chi connectivity index (χ1v) is 12.2. The molecule has 186 valence electrons. The monoisotopic (exact) mass is 484 g/mol. The van der Waals surface area contributed by atoms with Crippen LogP contribution in [0.25, 0.3) is 16.6 Å². The van der Waals surface area contributed by atoms with Crippen LogP contribution in [-0.4, -0.2) is 53.2 Å². The van der Waals surface area contributed by atoms with Crippen LogP contribution in [0.1, 0.15) is 39.2 Å². The summed E-state index contributed by atoms with van der Waals surface area (Å²) in [6.07, 6.45) is 5.74. The summed E-state index contributed by atoms with van der Waals surface area (Å²) in [5, 5.41) is 11.0. The maximum absolute atomic E-state index is 12.9.